The number of amides is 3. The van der Waals surface area contributed by atoms with Gasteiger partial charge in [-0.3, -0.25) is 35.3 Å². The number of nitrogens with zero attached hydrogens (tertiary/aromatic N) is 1. The Morgan fingerprint density at radius 2 is 1.69 bits per heavy atom. The molecule has 2 aromatic rings. The van der Waals surface area contributed by atoms with Crippen molar-refractivity contribution in [3.63, 3.8) is 0 Å². The summed E-state index contributed by atoms with van der Waals surface area (Å²) in [6.45, 7) is 3.00. The van der Waals surface area contributed by atoms with Crippen LogP contribution in [0.15, 0.2) is 48.5 Å². The molecule has 0 spiro atoms. The van der Waals surface area contributed by atoms with E-state index in [1.165, 1.54) is 36.4 Å². The molecule has 0 radical (unpaired) electrons. The minimum atomic E-state index is -0.697. The second-order valence-electron chi connectivity index (χ2n) is 6.24. The standard InChI is InChI=1S/C19H20N4O6/c1-12(2)18(25)20-14-9-7-13(8-10-14)19(26)22-21-17(24)11-29-16-6-4-3-5-15(16)23(27)28/h3-10,12H,11H2,1-2H3,(H,20,25)(H,21,24)(H,22,26). The zero-order valence-electron chi connectivity index (χ0n) is 15.8. The number of hydrogen-bond acceptors (Lipinski definition) is 6. The third-order valence-corrected chi connectivity index (χ3v) is 3.68. The highest BCUT2D eigenvalue weighted by Crippen LogP contribution is 2.25. The van der Waals surface area contributed by atoms with E-state index in [2.05, 4.69) is 16.2 Å². The van der Waals surface area contributed by atoms with E-state index in [0.717, 1.165) is 0 Å². The number of hydrogen-bond donors (Lipinski definition) is 3. The monoisotopic (exact) mass is 400 g/mol. The summed E-state index contributed by atoms with van der Waals surface area (Å²) in [6, 6.07) is 11.7. The lowest BCUT2D eigenvalue weighted by atomic mass is 10.1. The molecule has 0 atom stereocenters. The Hall–Kier alpha value is -3.95. The van der Waals surface area contributed by atoms with Gasteiger partial charge in [0.05, 0.1) is 4.92 Å². The van der Waals surface area contributed by atoms with Gasteiger partial charge in [0, 0.05) is 23.2 Å². The first-order chi connectivity index (χ1) is 13.8. The van der Waals surface area contributed by atoms with Crippen LogP contribution in [-0.4, -0.2) is 29.3 Å². The van der Waals surface area contributed by atoms with Gasteiger partial charge in [-0.25, -0.2) is 0 Å². The van der Waals surface area contributed by atoms with Gasteiger partial charge in [-0.2, -0.15) is 0 Å². The zero-order chi connectivity index (χ0) is 21.4. The van der Waals surface area contributed by atoms with E-state index in [0.29, 0.717) is 5.69 Å². The lowest BCUT2D eigenvalue weighted by Crippen LogP contribution is -2.43. The lowest BCUT2D eigenvalue weighted by molar-refractivity contribution is -0.385. The summed E-state index contributed by atoms with van der Waals surface area (Å²) in [5, 5.41) is 13.6. The fourth-order valence-corrected chi connectivity index (χ4v) is 2.10. The number of benzene rings is 2. The first-order valence-electron chi connectivity index (χ1n) is 8.64. The van der Waals surface area contributed by atoms with Crippen LogP contribution in [0.2, 0.25) is 0 Å². The van der Waals surface area contributed by atoms with E-state index < -0.39 is 23.3 Å². The van der Waals surface area contributed by atoms with Gasteiger partial charge in [-0.1, -0.05) is 26.0 Å². The molecule has 0 aliphatic heterocycles. The molecular weight excluding hydrogens is 380 g/mol. The summed E-state index contributed by atoms with van der Waals surface area (Å²) >= 11 is 0. The normalized spacial score (nSPS) is 10.2. The topological polar surface area (TPSA) is 140 Å². The molecule has 10 heteroatoms. The summed E-state index contributed by atoms with van der Waals surface area (Å²) in [4.78, 5) is 45.8. The Balaban J connectivity index is 1.83. The number of para-hydroxylation sites is 2. The van der Waals surface area contributed by atoms with E-state index in [1.54, 1.807) is 26.0 Å². The Morgan fingerprint density at radius 1 is 1.03 bits per heavy atom. The first-order valence-corrected chi connectivity index (χ1v) is 8.64. The minimum Gasteiger partial charge on any atom is -0.477 e. The fourth-order valence-electron chi connectivity index (χ4n) is 2.10. The Labute approximate surface area is 166 Å². The molecular formula is C19H20N4O6. The third kappa shape index (κ3) is 6.31. The molecule has 0 heterocycles. The maximum Gasteiger partial charge on any atom is 0.310 e. The molecule has 152 valence electrons. The molecule has 10 nitrogen and oxygen atoms in total. The Bertz CT molecular complexity index is 911. The second-order valence-corrected chi connectivity index (χ2v) is 6.24. The minimum absolute atomic E-state index is 0.0574. The number of ether oxygens (including phenoxy) is 1. The van der Waals surface area contributed by atoms with Crippen molar-refractivity contribution in [2.24, 2.45) is 5.92 Å². The average Bonchev–Trinajstić information content (AvgIpc) is 2.71. The van der Waals surface area contributed by atoms with Crippen LogP contribution in [0.5, 0.6) is 5.75 Å². The number of anilines is 1. The van der Waals surface area contributed by atoms with Crippen molar-refractivity contribution in [1.29, 1.82) is 0 Å². The Morgan fingerprint density at radius 3 is 2.31 bits per heavy atom. The smallest absolute Gasteiger partial charge is 0.310 e. The number of nitrogens with one attached hydrogen (secondary N) is 3. The van der Waals surface area contributed by atoms with Crippen LogP contribution in [-0.2, 0) is 9.59 Å². The molecule has 0 unspecified atom stereocenters. The Kier molecular flexibility index (Phi) is 7.24. The first kappa shape index (κ1) is 21.4. The van der Waals surface area contributed by atoms with Crippen molar-refractivity contribution in [2.75, 3.05) is 11.9 Å². The second kappa shape index (κ2) is 9.83. The molecule has 2 aromatic carbocycles. The van der Waals surface area contributed by atoms with Gasteiger partial charge in [0.15, 0.2) is 12.4 Å². The number of nitro groups is 1. The van der Waals surface area contributed by atoms with E-state index in [1.807, 2.05) is 0 Å². The zero-order valence-corrected chi connectivity index (χ0v) is 15.8. The third-order valence-electron chi connectivity index (χ3n) is 3.68. The molecule has 0 aliphatic rings. The summed E-state index contributed by atoms with van der Waals surface area (Å²) in [5.74, 6) is -1.65. The van der Waals surface area contributed by atoms with Crippen molar-refractivity contribution in [3.05, 3.63) is 64.2 Å². The van der Waals surface area contributed by atoms with E-state index >= 15 is 0 Å². The summed E-state index contributed by atoms with van der Waals surface area (Å²) in [7, 11) is 0. The highest BCUT2D eigenvalue weighted by Gasteiger charge is 2.15. The summed E-state index contributed by atoms with van der Waals surface area (Å²) in [6.07, 6.45) is 0. The van der Waals surface area contributed by atoms with Gasteiger partial charge in [0.25, 0.3) is 11.8 Å². The van der Waals surface area contributed by atoms with Gasteiger partial charge < -0.3 is 10.1 Å². The van der Waals surface area contributed by atoms with E-state index in [4.69, 9.17) is 4.74 Å². The molecule has 0 saturated carbocycles. The van der Waals surface area contributed by atoms with Crippen LogP contribution in [0, 0.1) is 16.0 Å². The van der Waals surface area contributed by atoms with Crippen molar-refractivity contribution >= 4 is 29.1 Å². The van der Waals surface area contributed by atoms with Crippen molar-refractivity contribution in [1.82, 2.24) is 10.9 Å². The lowest BCUT2D eigenvalue weighted by Gasteiger charge is -2.10. The van der Waals surface area contributed by atoms with Crippen molar-refractivity contribution in [3.8, 4) is 5.75 Å². The molecule has 0 aromatic heterocycles. The molecule has 0 fully saturated rings. The van der Waals surface area contributed by atoms with E-state index in [-0.39, 0.29) is 28.8 Å². The number of hydrazine groups is 1. The number of rotatable bonds is 7. The number of nitro benzene ring substituents is 1. The van der Waals surface area contributed by atoms with Gasteiger partial charge in [-0.15, -0.1) is 0 Å². The fraction of sp³-hybridized carbons (Fsp3) is 0.211. The summed E-state index contributed by atoms with van der Waals surface area (Å²) < 4.78 is 5.12. The highest BCUT2D eigenvalue weighted by atomic mass is 16.6. The van der Waals surface area contributed by atoms with Gasteiger partial charge in [0.2, 0.25) is 5.91 Å². The van der Waals surface area contributed by atoms with Gasteiger partial charge >= 0.3 is 5.69 Å². The number of carbonyl (C=O) groups excluding carboxylic acids is 3. The average molecular weight is 400 g/mol. The SMILES string of the molecule is CC(C)C(=O)Nc1ccc(C(=O)NNC(=O)COc2ccccc2[N+](=O)[O-])cc1. The maximum absolute atomic E-state index is 12.1. The van der Waals surface area contributed by atoms with Crippen LogP contribution < -0.4 is 20.9 Å². The quantitative estimate of drug-likeness (QED) is 0.480. The molecule has 0 aliphatic carbocycles. The predicted molar refractivity (Wildman–Crippen MR) is 104 cm³/mol. The van der Waals surface area contributed by atoms with Crippen molar-refractivity contribution < 1.29 is 24.0 Å². The van der Waals surface area contributed by atoms with Crippen LogP contribution in [0.25, 0.3) is 0 Å². The van der Waals surface area contributed by atoms with Crippen LogP contribution >= 0.6 is 0 Å². The molecule has 3 amide bonds. The molecule has 3 N–H and O–H groups in total. The van der Waals surface area contributed by atoms with Gasteiger partial charge in [-0.05, 0) is 30.3 Å². The maximum atomic E-state index is 12.1. The number of carbonyl (C=O) groups is 3. The van der Waals surface area contributed by atoms with Crippen LogP contribution in [0.1, 0.15) is 24.2 Å². The van der Waals surface area contributed by atoms with E-state index in [9.17, 15) is 24.5 Å². The van der Waals surface area contributed by atoms with Crippen LogP contribution in [0.3, 0.4) is 0 Å². The molecule has 29 heavy (non-hydrogen) atoms. The van der Waals surface area contributed by atoms with Gasteiger partial charge in [0.1, 0.15) is 0 Å². The largest absolute Gasteiger partial charge is 0.477 e. The molecule has 0 saturated heterocycles. The summed E-state index contributed by atoms with van der Waals surface area (Å²) in [5.41, 5.74) is 4.90. The van der Waals surface area contributed by atoms with Crippen molar-refractivity contribution in [2.45, 2.75) is 13.8 Å². The predicted octanol–water partition coefficient (Wildman–Crippen LogP) is 2.03. The highest BCUT2D eigenvalue weighted by molar-refractivity contribution is 5.97. The molecule has 2 rings (SSSR count). The van der Waals surface area contributed by atoms with Crippen LogP contribution in [0.4, 0.5) is 11.4 Å². The molecule has 0 bridgehead atoms.